The number of hydrogen-bond donors (Lipinski definition) is 2. The summed E-state index contributed by atoms with van der Waals surface area (Å²) in [5.41, 5.74) is 1.12. The highest BCUT2D eigenvalue weighted by Crippen LogP contribution is 2.64. The van der Waals surface area contributed by atoms with Crippen LogP contribution in [0.4, 0.5) is 19.0 Å². The molecule has 2 saturated heterocycles. The fraction of sp³-hybridized carbons (Fsp3) is 0.324. The minimum absolute atomic E-state index is 0.0185. The van der Waals surface area contributed by atoms with Gasteiger partial charge in [0.25, 0.3) is 11.8 Å². The van der Waals surface area contributed by atoms with E-state index in [4.69, 9.17) is 34.8 Å². The predicted molar refractivity (Wildman–Crippen MR) is 172 cm³/mol. The minimum Gasteiger partial charge on any atom is -0.508 e. The summed E-state index contributed by atoms with van der Waals surface area (Å²) in [7, 11) is 0. The van der Waals surface area contributed by atoms with Gasteiger partial charge in [0.2, 0.25) is 11.8 Å². The molecular formula is C34H26Cl3F3N4O5. The highest BCUT2D eigenvalue weighted by molar-refractivity contribution is 6.33. The van der Waals surface area contributed by atoms with Crippen molar-refractivity contribution < 1.29 is 37.5 Å². The molecule has 1 aromatic heterocycles. The first-order chi connectivity index (χ1) is 23.2. The van der Waals surface area contributed by atoms with Crippen LogP contribution >= 0.6 is 34.8 Å². The smallest absolute Gasteiger partial charge is 0.417 e. The fourth-order valence-corrected chi connectivity index (χ4v) is 8.87. The van der Waals surface area contributed by atoms with Gasteiger partial charge in [-0.2, -0.15) is 18.2 Å². The number of aromatic nitrogens is 1. The molecule has 49 heavy (non-hydrogen) atoms. The van der Waals surface area contributed by atoms with Gasteiger partial charge in [-0.05, 0) is 67.1 Å². The Hall–Kier alpha value is -4.13. The quantitative estimate of drug-likeness (QED) is 0.220. The zero-order chi connectivity index (χ0) is 35.2. The molecule has 2 N–H and O–H groups in total. The fourth-order valence-electron chi connectivity index (χ4n) is 8.25. The van der Waals surface area contributed by atoms with Crippen molar-refractivity contribution in [3.63, 3.8) is 0 Å². The maximum atomic E-state index is 15.1. The van der Waals surface area contributed by atoms with E-state index < -0.39 is 63.6 Å². The number of alkyl halides is 3. The number of benzene rings is 2. The molecule has 3 fully saturated rings. The van der Waals surface area contributed by atoms with Gasteiger partial charge in [-0.25, -0.2) is 4.98 Å². The summed E-state index contributed by atoms with van der Waals surface area (Å²) in [6.07, 6.45) is -2.18. The molecule has 2 aliphatic heterocycles. The van der Waals surface area contributed by atoms with Gasteiger partial charge in [0.15, 0.2) is 5.82 Å². The Bertz CT molecular complexity index is 1970. The van der Waals surface area contributed by atoms with E-state index in [-0.39, 0.29) is 47.8 Å². The summed E-state index contributed by atoms with van der Waals surface area (Å²) in [6.45, 7) is 1.88. The molecule has 0 bridgehead atoms. The number of likely N-dealkylation sites (tertiary alicyclic amines) is 1. The Labute approximate surface area is 292 Å². The van der Waals surface area contributed by atoms with Crippen LogP contribution in [0.5, 0.6) is 5.75 Å². The van der Waals surface area contributed by atoms with Gasteiger partial charge in [-0.3, -0.25) is 29.5 Å². The van der Waals surface area contributed by atoms with Crippen molar-refractivity contribution in [2.75, 3.05) is 12.0 Å². The second-order valence-corrected chi connectivity index (χ2v) is 13.8. The normalized spacial score (nSPS) is 28.0. The van der Waals surface area contributed by atoms with E-state index in [1.807, 2.05) is 6.08 Å². The molecule has 2 aliphatic carbocycles. The van der Waals surface area contributed by atoms with Gasteiger partial charge in [0.05, 0.1) is 33.8 Å². The largest absolute Gasteiger partial charge is 0.508 e. The number of allylic oxidation sites excluding steroid dienone is 2. The summed E-state index contributed by atoms with van der Waals surface area (Å²) in [5.74, 6) is -6.99. The van der Waals surface area contributed by atoms with E-state index in [1.165, 1.54) is 17.0 Å². The van der Waals surface area contributed by atoms with Crippen molar-refractivity contribution in [3.05, 3.63) is 98.1 Å². The van der Waals surface area contributed by atoms with Gasteiger partial charge < -0.3 is 5.11 Å². The second kappa shape index (κ2) is 11.7. The van der Waals surface area contributed by atoms with E-state index in [0.717, 1.165) is 0 Å². The number of imide groups is 2. The number of hydrogen-bond acceptors (Lipinski definition) is 7. The lowest BCUT2D eigenvalue weighted by Crippen LogP contribution is -2.53. The first kappa shape index (κ1) is 33.4. The summed E-state index contributed by atoms with van der Waals surface area (Å²) >= 11 is 19.3. The third kappa shape index (κ3) is 4.93. The second-order valence-electron chi connectivity index (χ2n) is 12.5. The molecule has 4 aliphatic rings. The van der Waals surface area contributed by atoms with E-state index in [1.54, 1.807) is 37.3 Å². The minimum atomic E-state index is -4.74. The number of fused-ring (bicyclic) bond motifs is 4. The lowest BCUT2D eigenvalue weighted by Gasteiger charge is -2.50. The Kier molecular flexibility index (Phi) is 8.00. The number of phenolic OH excluding ortho intramolecular Hbond substituents is 1. The molecule has 7 rings (SSSR count). The van der Waals surface area contributed by atoms with Crippen molar-refractivity contribution >= 4 is 64.2 Å². The molecule has 254 valence electrons. The lowest BCUT2D eigenvalue weighted by atomic mass is 9.49. The van der Waals surface area contributed by atoms with Gasteiger partial charge in [-0.1, -0.05) is 64.7 Å². The van der Waals surface area contributed by atoms with Gasteiger partial charge in [0, 0.05) is 28.7 Å². The standard InChI is InChI=1S/C34H26Cl3F3N4O5/c1-2-43-29(46)21-10-9-19-22(26(21)31(43)48)13-23-30(47)44(42-28-25(37)11-16(14-41-28)34(38,39)40)32(49)33(23,15-3-5-17(35)6-4-15)27(19)20-8-7-18(45)12-24(20)36/h3-9,11-12,14,21-23,26-27,45H,2,10,13H2,1H3,(H,41,42)/t21-,22+,23-,26-,27+,33+/m0/s1. The summed E-state index contributed by atoms with van der Waals surface area (Å²) in [4.78, 5) is 61.8. The van der Waals surface area contributed by atoms with Crippen LogP contribution in [0.15, 0.2) is 66.4 Å². The number of aromatic hydroxyl groups is 1. The number of pyridine rings is 1. The number of carbonyl (C=O) groups is 4. The van der Waals surface area contributed by atoms with Crippen molar-refractivity contribution in [1.29, 1.82) is 0 Å². The topological polar surface area (TPSA) is 120 Å². The summed E-state index contributed by atoms with van der Waals surface area (Å²) < 4.78 is 40.1. The number of anilines is 1. The average Bonchev–Trinajstić information content (AvgIpc) is 3.42. The molecule has 3 heterocycles. The third-order valence-electron chi connectivity index (χ3n) is 10.3. The van der Waals surface area contributed by atoms with E-state index in [9.17, 15) is 32.7 Å². The van der Waals surface area contributed by atoms with Crippen LogP contribution in [-0.2, 0) is 30.8 Å². The Morgan fingerprint density at radius 1 is 0.959 bits per heavy atom. The number of hydrazine groups is 1. The predicted octanol–water partition coefficient (Wildman–Crippen LogP) is 6.77. The number of phenols is 1. The number of carbonyl (C=O) groups excluding carboxylic acids is 4. The summed E-state index contributed by atoms with van der Waals surface area (Å²) in [5, 5.41) is 10.9. The number of nitrogens with one attached hydrogen (secondary N) is 1. The molecule has 9 nitrogen and oxygen atoms in total. The lowest BCUT2D eigenvalue weighted by molar-refractivity contribution is -0.141. The molecule has 6 atom stereocenters. The van der Waals surface area contributed by atoms with E-state index in [0.29, 0.717) is 39.0 Å². The highest BCUT2D eigenvalue weighted by Gasteiger charge is 2.70. The van der Waals surface area contributed by atoms with Crippen LogP contribution in [0.2, 0.25) is 15.1 Å². The monoisotopic (exact) mass is 732 g/mol. The molecule has 2 aromatic carbocycles. The number of halogens is 6. The molecule has 15 heteroatoms. The molecular weight excluding hydrogens is 708 g/mol. The van der Waals surface area contributed by atoms with Crippen molar-refractivity contribution in [2.24, 2.45) is 23.7 Å². The Balaban J connectivity index is 1.45. The number of nitrogens with zero attached hydrogens (tertiary/aromatic N) is 3. The maximum absolute atomic E-state index is 15.1. The third-order valence-corrected chi connectivity index (χ3v) is 11.1. The zero-order valence-electron chi connectivity index (χ0n) is 25.5. The van der Waals surface area contributed by atoms with Crippen LogP contribution in [0.25, 0.3) is 0 Å². The van der Waals surface area contributed by atoms with Gasteiger partial charge in [-0.15, -0.1) is 0 Å². The van der Waals surface area contributed by atoms with Gasteiger partial charge >= 0.3 is 6.18 Å². The molecule has 0 unspecified atom stereocenters. The van der Waals surface area contributed by atoms with Crippen LogP contribution in [-0.4, -0.2) is 50.2 Å². The number of rotatable bonds is 5. The van der Waals surface area contributed by atoms with Crippen molar-refractivity contribution in [2.45, 2.75) is 37.3 Å². The first-order valence-electron chi connectivity index (χ1n) is 15.4. The molecule has 0 radical (unpaired) electrons. The molecule has 4 amide bonds. The van der Waals surface area contributed by atoms with Crippen LogP contribution in [0.3, 0.4) is 0 Å². The van der Waals surface area contributed by atoms with Crippen LogP contribution in [0.1, 0.15) is 42.4 Å². The van der Waals surface area contributed by atoms with Gasteiger partial charge in [0.1, 0.15) is 5.75 Å². The van der Waals surface area contributed by atoms with Crippen molar-refractivity contribution in [3.8, 4) is 5.75 Å². The zero-order valence-corrected chi connectivity index (χ0v) is 27.7. The number of amides is 4. The molecule has 0 spiro atoms. The Morgan fingerprint density at radius 2 is 1.67 bits per heavy atom. The van der Waals surface area contributed by atoms with Crippen molar-refractivity contribution in [1.82, 2.24) is 14.9 Å². The van der Waals surface area contributed by atoms with E-state index >= 15 is 4.79 Å². The molecule has 1 saturated carbocycles. The van der Waals surface area contributed by atoms with Crippen LogP contribution < -0.4 is 5.43 Å². The van der Waals surface area contributed by atoms with E-state index in [2.05, 4.69) is 10.4 Å². The SMILES string of the molecule is CCN1C(=O)[C@H]2[C@H](CC=C3[C@H]2C[C@H]2C(=O)N(Nc4ncc(C(F)(F)F)cc4Cl)C(=O)[C@@]2(c2ccc(Cl)cc2)[C@H]3c2ccc(O)cc2Cl)C1=O. The Morgan fingerprint density at radius 3 is 2.31 bits per heavy atom. The maximum Gasteiger partial charge on any atom is 0.417 e. The summed E-state index contributed by atoms with van der Waals surface area (Å²) in [6, 6.07) is 11.2. The average molecular weight is 734 g/mol. The highest BCUT2D eigenvalue weighted by atomic mass is 35.5. The molecule has 3 aromatic rings. The van der Waals surface area contributed by atoms with Crippen LogP contribution in [0, 0.1) is 23.7 Å². The first-order valence-corrected chi connectivity index (χ1v) is 16.5.